The number of amides is 2. The third-order valence-electron chi connectivity index (χ3n) is 7.51. The van der Waals surface area contributed by atoms with Crippen molar-refractivity contribution in [2.75, 3.05) is 55.9 Å². The Labute approximate surface area is 256 Å². The number of benzene rings is 2. The topological polar surface area (TPSA) is 110 Å². The van der Waals surface area contributed by atoms with Gasteiger partial charge in [-0.3, -0.25) is 0 Å². The van der Waals surface area contributed by atoms with Gasteiger partial charge in [-0.15, -0.1) is 0 Å². The Morgan fingerprint density at radius 1 is 1.04 bits per heavy atom. The Morgan fingerprint density at radius 3 is 2.38 bits per heavy atom. The Kier molecular flexibility index (Phi) is 8.46. The Balaban J connectivity index is 1.18. The van der Waals surface area contributed by atoms with Gasteiger partial charge in [-0.25, -0.2) is 23.8 Å². The fraction of sp³-hybridized carbons (Fsp3) is 0.400. The van der Waals surface area contributed by atoms with Crippen LogP contribution in [0.3, 0.4) is 0 Å². The van der Waals surface area contributed by atoms with Crippen molar-refractivity contribution in [3.05, 3.63) is 54.7 Å². The molecule has 2 N–H and O–H groups in total. The van der Waals surface area contributed by atoms with Crippen LogP contribution < -0.4 is 20.3 Å². The minimum Gasteiger partial charge on any atom is -0.492 e. The molecule has 0 aliphatic carbocycles. The molecule has 3 unspecified atom stereocenters. The van der Waals surface area contributed by atoms with E-state index in [9.17, 15) is 22.4 Å². The summed E-state index contributed by atoms with van der Waals surface area (Å²) in [5, 5.41) is 9.79. The van der Waals surface area contributed by atoms with Gasteiger partial charge in [0.25, 0.3) is 0 Å². The Morgan fingerprint density at radius 2 is 1.73 bits per heavy atom. The first-order valence-corrected chi connectivity index (χ1v) is 14.4. The van der Waals surface area contributed by atoms with Crippen LogP contribution in [0.2, 0.25) is 0 Å². The van der Waals surface area contributed by atoms with Gasteiger partial charge in [-0.05, 0) is 62.6 Å². The van der Waals surface area contributed by atoms with Crippen LogP contribution in [0.4, 0.5) is 39.5 Å². The number of halogens is 4. The summed E-state index contributed by atoms with van der Waals surface area (Å²) in [6.45, 7) is 0.551. The minimum atomic E-state index is -4.51. The number of morpholine rings is 1. The van der Waals surface area contributed by atoms with Gasteiger partial charge < -0.3 is 29.9 Å². The number of likely N-dealkylation sites (N-methyl/N-ethyl adjacent to an activating group) is 1. The van der Waals surface area contributed by atoms with Crippen molar-refractivity contribution in [2.45, 2.75) is 37.5 Å². The summed E-state index contributed by atoms with van der Waals surface area (Å²) in [6, 6.07) is 13.1. The second-order valence-corrected chi connectivity index (χ2v) is 11.3. The van der Waals surface area contributed by atoms with Crippen molar-refractivity contribution in [1.82, 2.24) is 24.6 Å². The molecule has 2 aliphatic heterocycles. The van der Waals surface area contributed by atoms with Gasteiger partial charge in [-0.1, -0.05) is 0 Å². The van der Waals surface area contributed by atoms with Gasteiger partial charge in [0.15, 0.2) is 11.5 Å². The van der Waals surface area contributed by atoms with E-state index in [1.165, 1.54) is 6.20 Å². The van der Waals surface area contributed by atoms with E-state index in [0.29, 0.717) is 47.0 Å². The van der Waals surface area contributed by atoms with Crippen LogP contribution in [0.1, 0.15) is 6.42 Å². The number of rotatable bonds is 9. The maximum Gasteiger partial charge on any atom is 0.408 e. The second kappa shape index (κ2) is 12.5. The lowest BCUT2D eigenvalue weighted by molar-refractivity contribution is -0.141. The molecule has 2 aliphatic rings. The zero-order valence-corrected chi connectivity index (χ0v) is 24.6. The molecule has 3 atom stereocenters. The molecule has 2 amide bonds. The average Bonchev–Trinajstić information content (AvgIpc) is 3.50. The van der Waals surface area contributed by atoms with Crippen molar-refractivity contribution >= 4 is 34.3 Å². The molecule has 45 heavy (non-hydrogen) atoms. The van der Waals surface area contributed by atoms with Crippen molar-refractivity contribution in [2.24, 2.45) is 0 Å². The number of carbonyl (C=O) groups is 1. The normalized spacial score (nSPS) is 19.7. The zero-order valence-electron chi connectivity index (χ0n) is 24.6. The molecule has 0 radical (unpaired) electrons. The maximum absolute atomic E-state index is 14.4. The molecule has 6 rings (SSSR count). The van der Waals surface area contributed by atoms with Gasteiger partial charge in [-0.2, -0.15) is 18.3 Å². The number of alkyl halides is 4. The van der Waals surface area contributed by atoms with Crippen molar-refractivity contribution in [3.63, 3.8) is 0 Å². The summed E-state index contributed by atoms with van der Waals surface area (Å²) >= 11 is 0. The molecule has 2 bridgehead atoms. The highest BCUT2D eigenvalue weighted by Crippen LogP contribution is 2.35. The highest BCUT2D eigenvalue weighted by atomic mass is 19.4. The van der Waals surface area contributed by atoms with Crippen molar-refractivity contribution < 1.29 is 31.8 Å². The van der Waals surface area contributed by atoms with E-state index < -0.39 is 31.0 Å². The maximum atomic E-state index is 14.4. The SMILES string of the molecule is CN(C)CCOc1ccc(NC(=O)Nc2ccc(-c3nc(N4CC5CC(F)C(C4)O5)c4cnn(CC(F)(F)F)c4n3)cc2)cc1. The number of nitrogens with zero attached hydrogens (tertiary/aromatic N) is 6. The number of hydrogen-bond donors (Lipinski definition) is 2. The van der Waals surface area contributed by atoms with Crippen molar-refractivity contribution in [1.29, 1.82) is 0 Å². The van der Waals surface area contributed by atoms with Crippen molar-refractivity contribution in [3.8, 4) is 17.1 Å². The van der Waals surface area contributed by atoms with E-state index in [-0.39, 0.29) is 30.5 Å². The van der Waals surface area contributed by atoms with E-state index in [2.05, 4.69) is 20.7 Å². The molecule has 4 aromatic rings. The average molecular weight is 629 g/mol. The van der Waals surface area contributed by atoms with Crippen LogP contribution in [0.25, 0.3) is 22.4 Å². The molecule has 2 fully saturated rings. The smallest absolute Gasteiger partial charge is 0.408 e. The molecule has 2 saturated heterocycles. The van der Waals surface area contributed by atoms with E-state index >= 15 is 0 Å². The fourth-order valence-electron chi connectivity index (χ4n) is 5.35. The van der Waals surface area contributed by atoms with Gasteiger partial charge >= 0.3 is 12.2 Å². The van der Waals surface area contributed by atoms with Crippen LogP contribution >= 0.6 is 0 Å². The van der Waals surface area contributed by atoms with E-state index in [1.54, 1.807) is 48.5 Å². The summed E-state index contributed by atoms with van der Waals surface area (Å²) in [6.07, 6.45) is -5.05. The summed E-state index contributed by atoms with van der Waals surface area (Å²) in [5.41, 5.74) is 1.57. The first kappa shape index (κ1) is 30.5. The van der Waals surface area contributed by atoms with Gasteiger partial charge in [0.05, 0.1) is 17.7 Å². The highest BCUT2D eigenvalue weighted by molar-refractivity contribution is 6.00. The van der Waals surface area contributed by atoms with Gasteiger partial charge in [0.1, 0.15) is 37.0 Å². The largest absolute Gasteiger partial charge is 0.492 e. The molecule has 238 valence electrons. The minimum absolute atomic E-state index is 0.0126. The zero-order chi connectivity index (χ0) is 31.7. The van der Waals surface area contributed by atoms with Crippen LogP contribution in [0.5, 0.6) is 5.75 Å². The Bertz CT molecular complexity index is 1640. The Hall–Kier alpha value is -4.50. The molecule has 11 nitrogen and oxygen atoms in total. The summed E-state index contributed by atoms with van der Waals surface area (Å²) < 4.78 is 66.5. The molecule has 0 saturated carbocycles. The second-order valence-electron chi connectivity index (χ2n) is 11.3. The monoisotopic (exact) mass is 628 g/mol. The standard InChI is InChI=1S/C30H32F4N8O3/c1-40(2)11-12-44-21-9-7-20(8-10-21)37-29(43)36-19-5-3-18(4-6-19)26-38-27(41-15-22-13-24(31)25(16-41)45-22)23-14-35-42(28(23)39-26)17-30(32,33)34/h3-10,14,22,24-25H,11-13,15-17H2,1-2H3,(H2,36,37,43). The lowest BCUT2D eigenvalue weighted by Crippen LogP contribution is -2.44. The van der Waals surface area contributed by atoms with E-state index in [1.807, 2.05) is 23.9 Å². The molecule has 2 aromatic heterocycles. The quantitative estimate of drug-likeness (QED) is 0.251. The lowest BCUT2D eigenvalue weighted by atomic mass is 10.2. The lowest BCUT2D eigenvalue weighted by Gasteiger charge is -2.33. The number of nitrogens with one attached hydrogen (secondary N) is 2. The molecule has 4 heterocycles. The van der Waals surface area contributed by atoms with Gasteiger partial charge in [0, 0.05) is 43.0 Å². The predicted molar refractivity (Wildman–Crippen MR) is 160 cm³/mol. The number of anilines is 3. The number of urea groups is 1. The van der Waals surface area contributed by atoms with E-state index in [4.69, 9.17) is 14.5 Å². The number of fused-ring (bicyclic) bond motifs is 3. The number of hydrogen-bond acceptors (Lipinski definition) is 8. The summed E-state index contributed by atoms with van der Waals surface area (Å²) in [4.78, 5) is 25.6. The third-order valence-corrected chi connectivity index (χ3v) is 7.51. The van der Waals surface area contributed by atoms with Gasteiger partial charge in [0.2, 0.25) is 0 Å². The molecular weight excluding hydrogens is 596 g/mol. The predicted octanol–water partition coefficient (Wildman–Crippen LogP) is 4.96. The fourth-order valence-corrected chi connectivity index (χ4v) is 5.35. The molecule has 2 aromatic carbocycles. The summed E-state index contributed by atoms with van der Waals surface area (Å²) in [5.74, 6) is 1.23. The number of carbonyl (C=O) groups excluding carboxylic acids is 1. The number of aromatic nitrogens is 4. The van der Waals surface area contributed by atoms with Crippen LogP contribution in [0, 0.1) is 0 Å². The van der Waals surface area contributed by atoms with Crippen LogP contribution in [0.15, 0.2) is 54.7 Å². The molecule has 0 spiro atoms. The number of ether oxygens (including phenoxy) is 2. The first-order valence-electron chi connectivity index (χ1n) is 14.4. The van der Waals surface area contributed by atoms with Crippen LogP contribution in [-0.4, -0.2) is 95.6 Å². The molecular formula is C30H32F4N8O3. The van der Waals surface area contributed by atoms with Crippen LogP contribution in [-0.2, 0) is 11.3 Å². The molecule has 15 heteroatoms. The highest BCUT2D eigenvalue weighted by Gasteiger charge is 2.42. The summed E-state index contributed by atoms with van der Waals surface area (Å²) in [7, 11) is 3.92. The third kappa shape index (κ3) is 7.26. The first-order chi connectivity index (χ1) is 21.5. The van der Waals surface area contributed by atoms with E-state index in [0.717, 1.165) is 11.2 Å².